The second-order valence-corrected chi connectivity index (χ2v) is 4.57. The summed E-state index contributed by atoms with van der Waals surface area (Å²) in [6.07, 6.45) is 0. The second kappa shape index (κ2) is 5.52. The van der Waals surface area contributed by atoms with Crippen molar-refractivity contribution in [3.63, 3.8) is 0 Å². The number of carbonyl (C=O) groups is 1. The Balaban J connectivity index is 2.87. The van der Waals surface area contributed by atoms with Gasteiger partial charge in [0.2, 0.25) is 0 Å². The molecule has 2 nitrogen and oxygen atoms in total. The van der Waals surface area contributed by atoms with Crippen LogP contribution in [0.2, 0.25) is 0 Å². The van der Waals surface area contributed by atoms with Crippen LogP contribution >= 0.6 is 27.5 Å². The van der Waals surface area contributed by atoms with Gasteiger partial charge in [0.15, 0.2) is 0 Å². The summed E-state index contributed by atoms with van der Waals surface area (Å²) in [4.78, 5) is 11.8. The Labute approximate surface area is 103 Å². The maximum absolute atomic E-state index is 11.8. The van der Waals surface area contributed by atoms with Gasteiger partial charge in [0.1, 0.15) is 0 Å². The molecule has 0 aliphatic carbocycles. The first-order valence-corrected chi connectivity index (χ1v) is 6.01. The van der Waals surface area contributed by atoms with Crippen molar-refractivity contribution >= 4 is 33.4 Å². The van der Waals surface area contributed by atoms with Crippen molar-refractivity contribution in [2.75, 3.05) is 5.88 Å². The molecule has 1 amide bonds. The van der Waals surface area contributed by atoms with Gasteiger partial charge in [0.25, 0.3) is 5.91 Å². The van der Waals surface area contributed by atoms with Gasteiger partial charge < -0.3 is 5.32 Å². The van der Waals surface area contributed by atoms with Gasteiger partial charge in [-0.1, -0.05) is 12.1 Å². The zero-order chi connectivity index (χ0) is 11.4. The highest BCUT2D eigenvalue weighted by atomic mass is 79.9. The van der Waals surface area contributed by atoms with E-state index < -0.39 is 0 Å². The SMILES string of the molecule is Cc1cccc(C(=O)NC(C)CCl)c1Br. The molecule has 0 fully saturated rings. The van der Waals surface area contributed by atoms with Crippen LogP contribution in [0.15, 0.2) is 22.7 Å². The molecule has 0 bridgehead atoms. The van der Waals surface area contributed by atoms with Crippen LogP contribution in [-0.2, 0) is 0 Å². The fourth-order valence-corrected chi connectivity index (χ4v) is 1.68. The van der Waals surface area contributed by atoms with Crippen molar-refractivity contribution < 1.29 is 4.79 Å². The number of hydrogen-bond donors (Lipinski definition) is 1. The third kappa shape index (κ3) is 3.21. The van der Waals surface area contributed by atoms with Crippen LogP contribution in [0.1, 0.15) is 22.8 Å². The molecule has 15 heavy (non-hydrogen) atoms. The van der Waals surface area contributed by atoms with E-state index in [9.17, 15) is 4.79 Å². The smallest absolute Gasteiger partial charge is 0.252 e. The summed E-state index contributed by atoms with van der Waals surface area (Å²) in [5.74, 6) is 0.313. The molecule has 1 aromatic rings. The summed E-state index contributed by atoms with van der Waals surface area (Å²) in [5, 5.41) is 2.81. The molecule has 1 N–H and O–H groups in total. The van der Waals surface area contributed by atoms with Crippen molar-refractivity contribution in [3.05, 3.63) is 33.8 Å². The van der Waals surface area contributed by atoms with Gasteiger partial charge >= 0.3 is 0 Å². The molecular formula is C11H13BrClNO. The Hall–Kier alpha value is -0.540. The minimum absolute atomic E-state index is 0.0217. The molecule has 0 saturated carbocycles. The van der Waals surface area contributed by atoms with Crippen molar-refractivity contribution in [2.45, 2.75) is 19.9 Å². The first kappa shape index (κ1) is 12.5. The summed E-state index contributed by atoms with van der Waals surface area (Å²) in [7, 11) is 0. The number of amides is 1. The molecule has 1 rings (SSSR count). The monoisotopic (exact) mass is 289 g/mol. The largest absolute Gasteiger partial charge is 0.348 e. The van der Waals surface area contributed by atoms with E-state index in [0.29, 0.717) is 11.4 Å². The number of aryl methyl sites for hydroxylation is 1. The van der Waals surface area contributed by atoms with E-state index in [1.54, 1.807) is 6.07 Å². The van der Waals surface area contributed by atoms with Crippen molar-refractivity contribution in [1.82, 2.24) is 5.32 Å². The summed E-state index contributed by atoms with van der Waals surface area (Å²) in [6, 6.07) is 5.58. The summed E-state index contributed by atoms with van der Waals surface area (Å²) in [6.45, 7) is 3.82. The van der Waals surface area contributed by atoms with Gasteiger partial charge in [-0.2, -0.15) is 0 Å². The van der Waals surface area contributed by atoms with Gasteiger partial charge in [-0.15, -0.1) is 11.6 Å². The lowest BCUT2D eigenvalue weighted by molar-refractivity contribution is 0.0942. The fourth-order valence-electron chi connectivity index (χ4n) is 1.16. The third-order valence-corrected chi connectivity index (χ3v) is 3.56. The molecule has 1 aromatic carbocycles. The van der Waals surface area contributed by atoms with E-state index in [1.165, 1.54) is 0 Å². The van der Waals surface area contributed by atoms with Crippen LogP contribution < -0.4 is 5.32 Å². The zero-order valence-corrected chi connectivity index (χ0v) is 11.0. The number of halogens is 2. The second-order valence-electron chi connectivity index (χ2n) is 3.47. The van der Waals surface area contributed by atoms with Crippen LogP contribution in [0.25, 0.3) is 0 Å². The Morgan fingerprint density at radius 3 is 2.87 bits per heavy atom. The van der Waals surface area contributed by atoms with Gasteiger partial charge in [0, 0.05) is 16.4 Å². The number of rotatable bonds is 3. The van der Waals surface area contributed by atoms with E-state index >= 15 is 0 Å². The molecular weight excluding hydrogens is 277 g/mol. The highest BCUT2D eigenvalue weighted by molar-refractivity contribution is 9.10. The Morgan fingerprint density at radius 2 is 2.27 bits per heavy atom. The van der Waals surface area contributed by atoms with E-state index in [2.05, 4.69) is 21.2 Å². The number of alkyl halides is 1. The van der Waals surface area contributed by atoms with E-state index in [-0.39, 0.29) is 11.9 Å². The molecule has 82 valence electrons. The Kier molecular flexibility index (Phi) is 4.61. The summed E-state index contributed by atoms with van der Waals surface area (Å²) >= 11 is 9.03. The fraction of sp³-hybridized carbons (Fsp3) is 0.364. The molecule has 0 saturated heterocycles. The standard InChI is InChI=1S/C11H13BrClNO/c1-7-4-3-5-9(10(7)12)11(15)14-8(2)6-13/h3-5,8H,6H2,1-2H3,(H,14,15). The number of carbonyl (C=O) groups excluding carboxylic acids is 1. The normalized spacial score (nSPS) is 12.3. The van der Waals surface area contributed by atoms with Crippen LogP contribution in [0, 0.1) is 6.92 Å². The molecule has 0 spiro atoms. The number of nitrogens with one attached hydrogen (secondary N) is 1. The third-order valence-electron chi connectivity index (χ3n) is 2.05. The first-order chi connectivity index (χ1) is 7.06. The minimum Gasteiger partial charge on any atom is -0.348 e. The van der Waals surface area contributed by atoms with Gasteiger partial charge in [-0.3, -0.25) is 4.79 Å². The number of benzene rings is 1. The van der Waals surface area contributed by atoms with E-state index in [1.807, 2.05) is 26.0 Å². The quantitative estimate of drug-likeness (QED) is 0.852. The zero-order valence-electron chi connectivity index (χ0n) is 8.68. The number of hydrogen-bond acceptors (Lipinski definition) is 1. The Morgan fingerprint density at radius 1 is 1.60 bits per heavy atom. The molecule has 1 atom stereocenters. The first-order valence-electron chi connectivity index (χ1n) is 4.68. The van der Waals surface area contributed by atoms with Crippen molar-refractivity contribution in [1.29, 1.82) is 0 Å². The van der Waals surface area contributed by atoms with Gasteiger partial charge in [-0.05, 0) is 41.4 Å². The Bertz CT molecular complexity index is 368. The van der Waals surface area contributed by atoms with Crippen LogP contribution in [0.5, 0.6) is 0 Å². The van der Waals surface area contributed by atoms with Gasteiger partial charge in [-0.25, -0.2) is 0 Å². The average Bonchev–Trinajstić information content (AvgIpc) is 2.21. The molecule has 0 radical (unpaired) electrons. The molecule has 1 unspecified atom stereocenters. The lowest BCUT2D eigenvalue weighted by Crippen LogP contribution is -2.33. The maximum Gasteiger partial charge on any atom is 0.252 e. The molecule has 0 aliphatic heterocycles. The van der Waals surface area contributed by atoms with Crippen LogP contribution in [0.3, 0.4) is 0 Å². The van der Waals surface area contributed by atoms with E-state index in [0.717, 1.165) is 10.0 Å². The molecule has 0 heterocycles. The van der Waals surface area contributed by atoms with Crippen LogP contribution in [0.4, 0.5) is 0 Å². The van der Waals surface area contributed by atoms with Gasteiger partial charge in [0.05, 0.1) is 5.56 Å². The average molecular weight is 291 g/mol. The highest BCUT2D eigenvalue weighted by Crippen LogP contribution is 2.20. The topological polar surface area (TPSA) is 29.1 Å². The minimum atomic E-state index is -0.0984. The maximum atomic E-state index is 11.8. The van der Waals surface area contributed by atoms with Crippen molar-refractivity contribution in [3.8, 4) is 0 Å². The predicted molar refractivity (Wildman–Crippen MR) is 66.5 cm³/mol. The lowest BCUT2D eigenvalue weighted by Gasteiger charge is -2.12. The summed E-state index contributed by atoms with van der Waals surface area (Å²) in [5.41, 5.74) is 1.69. The lowest BCUT2D eigenvalue weighted by atomic mass is 10.1. The van der Waals surface area contributed by atoms with Crippen LogP contribution in [-0.4, -0.2) is 17.8 Å². The van der Waals surface area contributed by atoms with Crippen molar-refractivity contribution in [2.24, 2.45) is 0 Å². The molecule has 0 aliphatic rings. The predicted octanol–water partition coefficient (Wildman–Crippen LogP) is 3.11. The highest BCUT2D eigenvalue weighted by Gasteiger charge is 2.12. The molecule has 4 heteroatoms. The summed E-state index contributed by atoms with van der Waals surface area (Å²) < 4.78 is 0.837. The molecule has 0 aromatic heterocycles. The van der Waals surface area contributed by atoms with E-state index in [4.69, 9.17) is 11.6 Å².